The molecule has 2 nitrogen and oxygen atoms in total. The van der Waals surface area contributed by atoms with Crippen LogP contribution >= 0.6 is 0 Å². The number of hydrogen-bond acceptors (Lipinski definition) is 2. The van der Waals surface area contributed by atoms with Gasteiger partial charge in [-0.3, -0.25) is 4.90 Å². The van der Waals surface area contributed by atoms with Gasteiger partial charge in [0, 0.05) is 18.7 Å². The smallest absolute Gasteiger partial charge is 0.0431 e. The molecular weight excluding hydrogens is 378 g/mol. The first-order valence-electron chi connectivity index (χ1n) is 14.6. The van der Waals surface area contributed by atoms with E-state index in [0.29, 0.717) is 6.61 Å². The van der Waals surface area contributed by atoms with Gasteiger partial charge in [0.15, 0.2) is 0 Å². The molecule has 0 aromatic rings. The Labute approximate surface area is 193 Å². The third-order valence-corrected chi connectivity index (χ3v) is 10.4. The van der Waals surface area contributed by atoms with Crippen molar-refractivity contribution < 1.29 is 5.11 Å². The van der Waals surface area contributed by atoms with Crippen molar-refractivity contribution in [2.45, 2.75) is 135 Å². The summed E-state index contributed by atoms with van der Waals surface area (Å²) in [6, 6.07) is 1.65. The van der Waals surface area contributed by atoms with Gasteiger partial charge in [-0.2, -0.15) is 0 Å². The minimum absolute atomic E-state index is 0.388. The number of aliphatic hydroxyl groups is 1. The fourth-order valence-electron chi connectivity index (χ4n) is 8.74. The van der Waals surface area contributed by atoms with Gasteiger partial charge in [0.25, 0.3) is 0 Å². The molecule has 0 spiro atoms. The average Bonchev–Trinajstić information content (AvgIpc) is 2.84. The van der Waals surface area contributed by atoms with Crippen LogP contribution in [0, 0.1) is 35.5 Å². The van der Waals surface area contributed by atoms with E-state index in [9.17, 15) is 5.11 Å². The van der Waals surface area contributed by atoms with Gasteiger partial charge in [0.05, 0.1) is 0 Å². The highest BCUT2D eigenvalue weighted by molar-refractivity contribution is 4.94. The van der Waals surface area contributed by atoms with E-state index in [2.05, 4.69) is 18.7 Å². The zero-order valence-corrected chi connectivity index (χ0v) is 20.9. The molecule has 0 aromatic heterocycles. The lowest BCUT2D eigenvalue weighted by atomic mass is 9.71. The summed E-state index contributed by atoms with van der Waals surface area (Å²) >= 11 is 0. The fraction of sp³-hybridized carbons (Fsp3) is 1.00. The third kappa shape index (κ3) is 5.89. The monoisotopic (exact) mass is 431 g/mol. The second-order valence-electron chi connectivity index (χ2n) is 12.1. The topological polar surface area (TPSA) is 23.5 Å². The summed E-state index contributed by atoms with van der Waals surface area (Å²) in [5.41, 5.74) is 0. The van der Waals surface area contributed by atoms with Gasteiger partial charge in [-0.1, -0.05) is 39.5 Å². The summed E-state index contributed by atoms with van der Waals surface area (Å²) in [6.07, 6.45) is 24.4. The van der Waals surface area contributed by atoms with Gasteiger partial charge in [-0.15, -0.1) is 0 Å². The van der Waals surface area contributed by atoms with Gasteiger partial charge in [-0.25, -0.2) is 0 Å². The Balaban J connectivity index is 1.71. The number of unbranched alkanes of at least 4 members (excludes halogenated alkanes) is 1. The minimum Gasteiger partial charge on any atom is -0.396 e. The lowest BCUT2D eigenvalue weighted by molar-refractivity contribution is 0.0353. The SMILES string of the molecule is CCCCN1C2CCC3CCC4C[C@@H](CCCO)C[C@H]1CCCC4CC3CCC2CC. The van der Waals surface area contributed by atoms with Crippen LogP contribution in [0.15, 0.2) is 0 Å². The van der Waals surface area contributed by atoms with E-state index in [1.165, 1.54) is 103 Å². The van der Waals surface area contributed by atoms with Crippen molar-refractivity contribution in [1.29, 1.82) is 0 Å². The predicted octanol–water partition coefficient (Wildman–Crippen LogP) is 7.44. The van der Waals surface area contributed by atoms with Crippen LogP contribution in [0.4, 0.5) is 0 Å². The molecule has 3 aliphatic heterocycles. The molecule has 0 amide bonds. The standard InChI is InChI=1S/C29H53NO/c1-3-5-17-30-28-10-6-9-25-21-27-13-11-23(4-2)29(30)16-15-24(27)12-14-26(25)19-22(20-28)8-7-18-31/h22-29,31H,3-21H2,1-2H3/t22-,23?,24?,25?,26?,27?,28-,29?/m1/s1. The van der Waals surface area contributed by atoms with Crippen molar-refractivity contribution in [3.8, 4) is 0 Å². The molecule has 180 valence electrons. The van der Waals surface area contributed by atoms with E-state index in [-0.39, 0.29) is 0 Å². The Morgan fingerprint density at radius 3 is 2.29 bits per heavy atom. The van der Waals surface area contributed by atoms with E-state index in [1.54, 1.807) is 6.42 Å². The molecule has 0 radical (unpaired) electrons. The molecule has 3 aliphatic carbocycles. The molecule has 3 saturated carbocycles. The van der Waals surface area contributed by atoms with Crippen LogP contribution in [-0.4, -0.2) is 35.2 Å². The third-order valence-electron chi connectivity index (χ3n) is 10.4. The lowest BCUT2D eigenvalue weighted by Gasteiger charge is -2.46. The van der Waals surface area contributed by atoms with Gasteiger partial charge in [0.1, 0.15) is 0 Å². The molecule has 1 N–H and O–H groups in total. The van der Waals surface area contributed by atoms with E-state index < -0.39 is 0 Å². The molecule has 6 rings (SSSR count). The maximum absolute atomic E-state index is 9.62. The highest BCUT2D eigenvalue weighted by atomic mass is 16.2. The molecule has 2 heteroatoms. The van der Waals surface area contributed by atoms with Crippen molar-refractivity contribution >= 4 is 0 Å². The zero-order valence-electron chi connectivity index (χ0n) is 20.9. The quantitative estimate of drug-likeness (QED) is 0.452. The highest BCUT2D eigenvalue weighted by Crippen LogP contribution is 2.49. The van der Waals surface area contributed by atoms with Crippen molar-refractivity contribution in [1.82, 2.24) is 4.90 Å². The van der Waals surface area contributed by atoms with E-state index in [0.717, 1.165) is 54.0 Å². The molecule has 31 heavy (non-hydrogen) atoms. The molecule has 8 atom stereocenters. The first kappa shape index (κ1) is 24.1. The van der Waals surface area contributed by atoms with Gasteiger partial charge in [-0.05, 0) is 126 Å². The van der Waals surface area contributed by atoms with Gasteiger partial charge in [0.2, 0.25) is 0 Å². The molecule has 3 saturated heterocycles. The van der Waals surface area contributed by atoms with Gasteiger partial charge < -0.3 is 5.11 Å². The molecule has 6 aliphatic rings. The molecule has 6 fully saturated rings. The predicted molar refractivity (Wildman–Crippen MR) is 132 cm³/mol. The highest BCUT2D eigenvalue weighted by Gasteiger charge is 2.41. The number of rotatable bonds is 7. The van der Waals surface area contributed by atoms with Crippen LogP contribution < -0.4 is 0 Å². The summed E-state index contributed by atoms with van der Waals surface area (Å²) < 4.78 is 0. The van der Waals surface area contributed by atoms with E-state index >= 15 is 0 Å². The van der Waals surface area contributed by atoms with Crippen molar-refractivity contribution in [3.05, 3.63) is 0 Å². The minimum atomic E-state index is 0.388. The first-order valence-corrected chi connectivity index (χ1v) is 14.6. The number of nitrogens with zero attached hydrogens (tertiary/aromatic N) is 1. The van der Waals surface area contributed by atoms with Crippen LogP contribution in [-0.2, 0) is 0 Å². The number of aliphatic hydroxyl groups excluding tert-OH is 1. The largest absolute Gasteiger partial charge is 0.396 e. The van der Waals surface area contributed by atoms with Crippen molar-refractivity contribution in [3.63, 3.8) is 0 Å². The van der Waals surface area contributed by atoms with E-state index in [1.807, 2.05) is 0 Å². The van der Waals surface area contributed by atoms with Crippen LogP contribution in [0.3, 0.4) is 0 Å². The van der Waals surface area contributed by atoms with Gasteiger partial charge >= 0.3 is 0 Å². The fourth-order valence-corrected chi connectivity index (χ4v) is 8.74. The zero-order chi connectivity index (χ0) is 21.6. The van der Waals surface area contributed by atoms with E-state index in [4.69, 9.17) is 0 Å². The Hall–Kier alpha value is -0.0800. The van der Waals surface area contributed by atoms with Crippen LogP contribution in [0.2, 0.25) is 0 Å². The summed E-state index contributed by atoms with van der Waals surface area (Å²) in [6.45, 7) is 6.60. The van der Waals surface area contributed by atoms with Crippen LogP contribution in [0.1, 0.15) is 123 Å². The number of hydrogen-bond donors (Lipinski definition) is 1. The molecule has 6 unspecified atom stereocenters. The molecule has 3 heterocycles. The van der Waals surface area contributed by atoms with Crippen molar-refractivity contribution in [2.24, 2.45) is 35.5 Å². The Kier molecular flexibility index (Phi) is 9.21. The Morgan fingerprint density at radius 1 is 0.742 bits per heavy atom. The summed E-state index contributed by atoms with van der Waals surface area (Å²) in [4.78, 5) is 3.11. The maximum Gasteiger partial charge on any atom is 0.0431 e. The maximum atomic E-state index is 9.62. The second-order valence-corrected chi connectivity index (χ2v) is 12.1. The molecule has 0 aromatic carbocycles. The number of fused-ring (bicyclic) bond motifs is 5. The lowest BCUT2D eigenvalue weighted by Crippen LogP contribution is -2.49. The van der Waals surface area contributed by atoms with Crippen LogP contribution in [0.25, 0.3) is 0 Å². The Morgan fingerprint density at radius 2 is 1.48 bits per heavy atom. The summed E-state index contributed by atoms with van der Waals surface area (Å²) in [7, 11) is 0. The first-order chi connectivity index (χ1) is 15.2. The summed E-state index contributed by atoms with van der Waals surface area (Å²) in [5.74, 6) is 5.81. The normalized spacial score (nSPS) is 41.9. The van der Waals surface area contributed by atoms with Crippen molar-refractivity contribution in [2.75, 3.05) is 13.2 Å². The molecule has 6 bridgehead atoms. The van der Waals surface area contributed by atoms with Crippen LogP contribution in [0.5, 0.6) is 0 Å². The molecular formula is C29H53NO. The second kappa shape index (κ2) is 11.9. The Bertz CT molecular complexity index is 521. The average molecular weight is 432 g/mol. The summed E-state index contributed by atoms with van der Waals surface area (Å²) in [5, 5.41) is 9.62.